The molecule has 0 heterocycles. The van der Waals surface area contributed by atoms with Gasteiger partial charge < -0.3 is 4.74 Å². The summed E-state index contributed by atoms with van der Waals surface area (Å²) in [6, 6.07) is 6.12. The van der Waals surface area contributed by atoms with Gasteiger partial charge in [0.25, 0.3) is 0 Å². The Morgan fingerprint density at radius 1 is 1.45 bits per heavy atom. The average molecular weight is 168 g/mol. The highest BCUT2D eigenvalue weighted by atomic mass is 32.1. The van der Waals surface area contributed by atoms with E-state index >= 15 is 0 Å². The van der Waals surface area contributed by atoms with Crippen molar-refractivity contribution < 1.29 is 4.74 Å². The molecule has 2 heteroatoms. The molecule has 1 rings (SSSR count). The van der Waals surface area contributed by atoms with E-state index in [1.807, 2.05) is 19.1 Å². The van der Waals surface area contributed by atoms with E-state index in [4.69, 9.17) is 4.74 Å². The van der Waals surface area contributed by atoms with Crippen molar-refractivity contribution >= 4 is 12.6 Å². The molecule has 0 atom stereocenters. The molecule has 1 nitrogen and oxygen atoms in total. The number of methoxy groups -OCH3 is 1. The molecule has 0 saturated heterocycles. The monoisotopic (exact) mass is 168 g/mol. The normalized spacial score (nSPS) is 9.73. The molecule has 60 valence electrons. The first-order chi connectivity index (χ1) is 5.27. The van der Waals surface area contributed by atoms with Crippen LogP contribution in [0.25, 0.3) is 0 Å². The molecular formula is C9H12OS. The summed E-state index contributed by atoms with van der Waals surface area (Å²) in [5.74, 6) is 1.70. The van der Waals surface area contributed by atoms with Gasteiger partial charge in [0.05, 0.1) is 7.11 Å². The predicted molar refractivity (Wildman–Crippen MR) is 50.4 cm³/mol. The van der Waals surface area contributed by atoms with Crippen LogP contribution in [0.4, 0.5) is 0 Å². The van der Waals surface area contributed by atoms with Crippen LogP contribution in [0.2, 0.25) is 0 Å². The highest BCUT2D eigenvalue weighted by Gasteiger charge is 1.97. The summed E-state index contributed by atoms with van der Waals surface area (Å²) in [6.07, 6.45) is 0. The van der Waals surface area contributed by atoms with Crippen LogP contribution in [0.15, 0.2) is 18.2 Å². The smallest absolute Gasteiger partial charge is 0.122 e. The zero-order chi connectivity index (χ0) is 8.27. The summed E-state index contributed by atoms with van der Waals surface area (Å²) in [4.78, 5) is 0. The fourth-order valence-electron chi connectivity index (χ4n) is 0.963. The molecule has 1 aromatic rings. The maximum Gasteiger partial charge on any atom is 0.122 e. The highest BCUT2D eigenvalue weighted by molar-refractivity contribution is 7.79. The van der Waals surface area contributed by atoms with Gasteiger partial charge in [-0.15, -0.1) is 0 Å². The van der Waals surface area contributed by atoms with E-state index in [0.717, 1.165) is 17.1 Å². The van der Waals surface area contributed by atoms with Gasteiger partial charge in [-0.2, -0.15) is 12.6 Å². The first kappa shape index (κ1) is 8.47. The van der Waals surface area contributed by atoms with Crippen LogP contribution in [0.1, 0.15) is 11.1 Å². The number of benzene rings is 1. The van der Waals surface area contributed by atoms with E-state index in [-0.39, 0.29) is 0 Å². The number of thiol groups is 1. The van der Waals surface area contributed by atoms with Gasteiger partial charge in [-0.1, -0.05) is 12.1 Å². The quantitative estimate of drug-likeness (QED) is 0.667. The van der Waals surface area contributed by atoms with Gasteiger partial charge in [0.2, 0.25) is 0 Å². The van der Waals surface area contributed by atoms with Crippen molar-refractivity contribution in [2.75, 3.05) is 7.11 Å². The van der Waals surface area contributed by atoms with Gasteiger partial charge in [0.15, 0.2) is 0 Å². The Hall–Kier alpha value is -0.630. The van der Waals surface area contributed by atoms with Crippen LogP contribution in [0, 0.1) is 6.92 Å². The summed E-state index contributed by atoms with van der Waals surface area (Å²) < 4.78 is 5.15. The molecule has 0 bridgehead atoms. The minimum absolute atomic E-state index is 0.761. The third kappa shape index (κ3) is 1.90. The van der Waals surface area contributed by atoms with E-state index in [0.29, 0.717) is 0 Å². The molecule has 0 spiro atoms. The topological polar surface area (TPSA) is 9.23 Å². The van der Waals surface area contributed by atoms with Crippen molar-refractivity contribution in [3.8, 4) is 5.75 Å². The maximum atomic E-state index is 5.15. The zero-order valence-electron chi connectivity index (χ0n) is 6.79. The highest BCUT2D eigenvalue weighted by Crippen LogP contribution is 2.19. The lowest BCUT2D eigenvalue weighted by atomic mass is 10.1. The van der Waals surface area contributed by atoms with Gasteiger partial charge in [-0.25, -0.2) is 0 Å². The van der Waals surface area contributed by atoms with Crippen molar-refractivity contribution in [3.05, 3.63) is 29.3 Å². The van der Waals surface area contributed by atoms with Crippen LogP contribution in [0.5, 0.6) is 5.75 Å². The molecule has 0 radical (unpaired) electrons. The molecule has 0 saturated carbocycles. The van der Waals surface area contributed by atoms with Crippen LogP contribution >= 0.6 is 12.6 Å². The maximum absolute atomic E-state index is 5.15. The summed E-state index contributed by atoms with van der Waals surface area (Å²) in [7, 11) is 1.69. The Labute approximate surface area is 72.8 Å². The lowest BCUT2D eigenvalue weighted by Gasteiger charge is -2.05. The lowest BCUT2D eigenvalue weighted by Crippen LogP contribution is -1.88. The number of hydrogen-bond acceptors (Lipinski definition) is 2. The molecule has 0 amide bonds. The van der Waals surface area contributed by atoms with Crippen LogP contribution in [0.3, 0.4) is 0 Å². The van der Waals surface area contributed by atoms with E-state index < -0.39 is 0 Å². The van der Waals surface area contributed by atoms with Gasteiger partial charge >= 0.3 is 0 Å². The Morgan fingerprint density at radius 2 is 2.18 bits per heavy atom. The van der Waals surface area contributed by atoms with Gasteiger partial charge in [-0.3, -0.25) is 0 Å². The Morgan fingerprint density at radius 3 is 2.73 bits per heavy atom. The SMILES string of the molecule is COc1cc(CS)ccc1C. The van der Waals surface area contributed by atoms with Crippen molar-refractivity contribution in [1.29, 1.82) is 0 Å². The molecule has 0 unspecified atom stereocenters. The van der Waals surface area contributed by atoms with Crippen LogP contribution in [-0.4, -0.2) is 7.11 Å². The summed E-state index contributed by atoms with van der Waals surface area (Å²) >= 11 is 4.17. The second-order valence-electron chi connectivity index (χ2n) is 2.46. The second-order valence-corrected chi connectivity index (χ2v) is 2.78. The van der Waals surface area contributed by atoms with Gasteiger partial charge in [-0.05, 0) is 24.1 Å². The third-order valence-electron chi connectivity index (χ3n) is 1.66. The van der Waals surface area contributed by atoms with Crippen LogP contribution in [-0.2, 0) is 5.75 Å². The lowest BCUT2D eigenvalue weighted by molar-refractivity contribution is 0.411. The van der Waals surface area contributed by atoms with Crippen LogP contribution < -0.4 is 4.74 Å². The Kier molecular flexibility index (Phi) is 2.83. The molecule has 0 aromatic heterocycles. The fourth-order valence-corrected chi connectivity index (χ4v) is 1.16. The summed E-state index contributed by atoms with van der Waals surface area (Å²) in [5, 5.41) is 0. The number of ether oxygens (including phenoxy) is 1. The van der Waals surface area contributed by atoms with E-state index in [9.17, 15) is 0 Å². The Bertz CT molecular complexity index is 245. The first-order valence-corrected chi connectivity index (χ1v) is 4.15. The molecule has 11 heavy (non-hydrogen) atoms. The minimum Gasteiger partial charge on any atom is -0.496 e. The number of aryl methyl sites for hydroxylation is 1. The standard InChI is InChI=1S/C9H12OS/c1-7-3-4-8(6-11)5-9(7)10-2/h3-5,11H,6H2,1-2H3. The molecular weight excluding hydrogens is 156 g/mol. The minimum atomic E-state index is 0.761. The molecule has 0 aliphatic carbocycles. The zero-order valence-corrected chi connectivity index (χ0v) is 7.69. The second kappa shape index (κ2) is 3.67. The molecule has 0 N–H and O–H groups in total. The fraction of sp³-hybridized carbons (Fsp3) is 0.333. The van der Waals surface area contributed by atoms with Gasteiger partial charge in [0.1, 0.15) is 5.75 Å². The van der Waals surface area contributed by atoms with Gasteiger partial charge in [0, 0.05) is 5.75 Å². The van der Waals surface area contributed by atoms with E-state index in [1.165, 1.54) is 5.56 Å². The van der Waals surface area contributed by atoms with E-state index in [1.54, 1.807) is 7.11 Å². The Balaban J connectivity index is 3.02. The summed E-state index contributed by atoms with van der Waals surface area (Å²) in [6.45, 7) is 2.03. The first-order valence-electron chi connectivity index (χ1n) is 3.52. The third-order valence-corrected chi connectivity index (χ3v) is 2.02. The largest absolute Gasteiger partial charge is 0.496 e. The van der Waals surface area contributed by atoms with Crippen molar-refractivity contribution in [2.45, 2.75) is 12.7 Å². The van der Waals surface area contributed by atoms with Crippen molar-refractivity contribution in [1.82, 2.24) is 0 Å². The van der Waals surface area contributed by atoms with E-state index in [2.05, 4.69) is 18.7 Å². The molecule has 1 aromatic carbocycles. The summed E-state index contributed by atoms with van der Waals surface area (Å²) in [5.41, 5.74) is 2.36. The molecule has 0 fully saturated rings. The number of rotatable bonds is 2. The molecule has 0 aliphatic heterocycles. The predicted octanol–water partition coefficient (Wildman–Crippen LogP) is 2.43. The van der Waals surface area contributed by atoms with Crippen molar-refractivity contribution in [3.63, 3.8) is 0 Å². The number of hydrogen-bond donors (Lipinski definition) is 1. The van der Waals surface area contributed by atoms with Crippen molar-refractivity contribution in [2.24, 2.45) is 0 Å². The molecule has 0 aliphatic rings. The average Bonchev–Trinajstić information content (AvgIpc) is 2.05.